The number of pyridine rings is 1. The fourth-order valence-electron chi connectivity index (χ4n) is 2.88. The Kier molecular flexibility index (Phi) is 4.37. The van der Waals surface area contributed by atoms with Crippen LogP contribution < -0.4 is 16.8 Å². The van der Waals surface area contributed by atoms with Crippen molar-refractivity contribution in [2.24, 2.45) is 17.4 Å². The Bertz CT molecular complexity index is 455. The van der Waals surface area contributed by atoms with Crippen LogP contribution in [0.4, 0.5) is 5.82 Å². The molecule has 1 saturated carbocycles. The first kappa shape index (κ1) is 13.8. The van der Waals surface area contributed by atoms with Gasteiger partial charge in [0.1, 0.15) is 5.82 Å². The van der Waals surface area contributed by atoms with E-state index in [9.17, 15) is 4.79 Å². The zero-order chi connectivity index (χ0) is 13.8. The van der Waals surface area contributed by atoms with E-state index in [0.717, 1.165) is 5.56 Å². The number of nitrogens with one attached hydrogen (secondary N) is 1. The normalized spacial score (nSPS) is 17.4. The summed E-state index contributed by atoms with van der Waals surface area (Å²) in [5.41, 5.74) is 12.6. The number of nitrogens with two attached hydrogens (primary N) is 2. The number of carbonyl (C=O) groups excluding carboxylic acids is 1. The second kappa shape index (κ2) is 6.02. The highest BCUT2D eigenvalue weighted by atomic mass is 16.1. The molecule has 1 aliphatic rings. The van der Waals surface area contributed by atoms with E-state index in [1.54, 1.807) is 12.3 Å². The van der Waals surface area contributed by atoms with E-state index in [4.69, 9.17) is 11.5 Å². The molecule has 2 rings (SSSR count). The first-order chi connectivity index (χ1) is 9.13. The van der Waals surface area contributed by atoms with Gasteiger partial charge < -0.3 is 16.8 Å². The van der Waals surface area contributed by atoms with Crippen molar-refractivity contribution in [1.29, 1.82) is 0 Å². The Hall–Kier alpha value is -1.62. The summed E-state index contributed by atoms with van der Waals surface area (Å²) in [6, 6.07) is 1.95. The molecule has 5 heteroatoms. The number of anilines is 1. The molecule has 19 heavy (non-hydrogen) atoms. The van der Waals surface area contributed by atoms with E-state index >= 15 is 0 Å². The van der Waals surface area contributed by atoms with Gasteiger partial charge in [-0.2, -0.15) is 0 Å². The summed E-state index contributed by atoms with van der Waals surface area (Å²) in [6.07, 6.45) is 6.57. The van der Waals surface area contributed by atoms with Crippen LogP contribution in [0.5, 0.6) is 0 Å². The first-order valence-corrected chi connectivity index (χ1v) is 6.85. The van der Waals surface area contributed by atoms with Gasteiger partial charge in [0, 0.05) is 18.8 Å². The fraction of sp³-hybridized carbons (Fsp3) is 0.571. The molecule has 1 aliphatic carbocycles. The molecule has 1 fully saturated rings. The van der Waals surface area contributed by atoms with E-state index < -0.39 is 5.91 Å². The van der Waals surface area contributed by atoms with Crippen molar-refractivity contribution in [3.63, 3.8) is 0 Å². The lowest BCUT2D eigenvalue weighted by molar-refractivity contribution is 0.1000. The van der Waals surface area contributed by atoms with Crippen molar-refractivity contribution in [1.82, 2.24) is 4.98 Å². The van der Waals surface area contributed by atoms with Crippen molar-refractivity contribution < 1.29 is 4.79 Å². The Balaban J connectivity index is 2.21. The Labute approximate surface area is 113 Å². The standard InChI is InChI=1S/C14H22N4O/c1-9-6-7-17-14(12(9)13(16)19)18-11(8-15)10-4-2-3-5-10/h6-7,10-11H,2-5,8,15H2,1H3,(H2,16,19)(H,17,18). The molecule has 5 nitrogen and oxygen atoms in total. The number of aromatic nitrogens is 1. The summed E-state index contributed by atoms with van der Waals surface area (Å²) in [6.45, 7) is 2.40. The molecule has 0 saturated heterocycles. The van der Waals surface area contributed by atoms with Gasteiger partial charge in [0.25, 0.3) is 5.91 Å². The van der Waals surface area contributed by atoms with Gasteiger partial charge in [0.05, 0.1) is 5.56 Å². The molecule has 104 valence electrons. The van der Waals surface area contributed by atoms with Crippen molar-refractivity contribution in [2.75, 3.05) is 11.9 Å². The third-order valence-corrected chi connectivity index (χ3v) is 3.95. The van der Waals surface area contributed by atoms with Gasteiger partial charge in [-0.25, -0.2) is 4.98 Å². The third-order valence-electron chi connectivity index (χ3n) is 3.95. The zero-order valence-corrected chi connectivity index (χ0v) is 11.4. The Morgan fingerprint density at radius 2 is 2.21 bits per heavy atom. The fourth-order valence-corrected chi connectivity index (χ4v) is 2.88. The molecular weight excluding hydrogens is 240 g/mol. The second-order valence-corrected chi connectivity index (χ2v) is 5.25. The minimum atomic E-state index is -0.449. The third kappa shape index (κ3) is 3.04. The minimum Gasteiger partial charge on any atom is -0.365 e. The Morgan fingerprint density at radius 1 is 1.53 bits per heavy atom. The largest absolute Gasteiger partial charge is 0.365 e. The number of hydrogen-bond donors (Lipinski definition) is 3. The van der Waals surface area contributed by atoms with Gasteiger partial charge >= 0.3 is 0 Å². The lowest BCUT2D eigenvalue weighted by Crippen LogP contribution is -2.36. The summed E-state index contributed by atoms with van der Waals surface area (Å²) in [7, 11) is 0. The summed E-state index contributed by atoms with van der Waals surface area (Å²) < 4.78 is 0. The van der Waals surface area contributed by atoms with Crippen LogP contribution in [0.25, 0.3) is 0 Å². The maximum absolute atomic E-state index is 11.5. The van der Waals surface area contributed by atoms with Gasteiger partial charge in [-0.05, 0) is 37.3 Å². The van der Waals surface area contributed by atoms with Crippen LogP contribution in [0.1, 0.15) is 41.6 Å². The van der Waals surface area contributed by atoms with Crippen molar-refractivity contribution in [3.05, 3.63) is 23.4 Å². The molecule has 0 bridgehead atoms. The lowest BCUT2D eigenvalue weighted by Gasteiger charge is -2.24. The van der Waals surface area contributed by atoms with E-state index in [1.807, 2.05) is 6.92 Å². The molecular formula is C14H22N4O. The number of aryl methyl sites for hydroxylation is 1. The van der Waals surface area contributed by atoms with E-state index in [1.165, 1.54) is 25.7 Å². The topological polar surface area (TPSA) is 94.0 Å². The highest BCUT2D eigenvalue weighted by Crippen LogP contribution is 2.29. The molecule has 1 unspecified atom stereocenters. The maximum atomic E-state index is 11.5. The van der Waals surface area contributed by atoms with Crippen LogP contribution in [0.3, 0.4) is 0 Å². The molecule has 5 N–H and O–H groups in total. The molecule has 1 amide bonds. The number of rotatable bonds is 5. The molecule has 0 radical (unpaired) electrons. The zero-order valence-electron chi connectivity index (χ0n) is 11.4. The van der Waals surface area contributed by atoms with Crippen molar-refractivity contribution >= 4 is 11.7 Å². The number of amides is 1. The molecule has 0 aromatic carbocycles. The van der Waals surface area contributed by atoms with Crippen LogP contribution in [-0.2, 0) is 0 Å². The average molecular weight is 262 g/mol. The quantitative estimate of drug-likeness (QED) is 0.748. The minimum absolute atomic E-state index is 0.162. The van der Waals surface area contributed by atoms with Gasteiger partial charge in [0.2, 0.25) is 0 Å². The molecule has 1 aromatic heterocycles. The van der Waals surface area contributed by atoms with Crippen molar-refractivity contribution in [2.45, 2.75) is 38.6 Å². The summed E-state index contributed by atoms with van der Waals surface area (Å²) in [5.74, 6) is 0.679. The highest BCUT2D eigenvalue weighted by Gasteiger charge is 2.25. The SMILES string of the molecule is Cc1ccnc(NC(CN)C2CCCC2)c1C(N)=O. The molecule has 0 spiro atoms. The highest BCUT2D eigenvalue weighted by molar-refractivity contribution is 5.99. The summed E-state index contributed by atoms with van der Waals surface area (Å²) >= 11 is 0. The van der Waals surface area contributed by atoms with Crippen LogP contribution in [-0.4, -0.2) is 23.5 Å². The number of nitrogens with zero attached hydrogens (tertiary/aromatic N) is 1. The lowest BCUT2D eigenvalue weighted by atomic mass is 9.97. The van der Waals surface area contributed by atoms with E-state index in [2.05, 4.69) is 10.3 Å². The number of carbonyl (C=O) groups is 1. The molecule has 1 heterocycles. The monoisotopic (exact) mass is 262 g/mol. The predicted octanol–water partition coefficient (Wildman–Crippen LogP) is 1.42. The molecule has 1 atom stereocenters. The van der Waals surface area contributed by atoms with Crippen LogP contribution in [0, 0.1) is 12.8 Å². The number of hydrogen-bond acceptors (Lipinski definition) is 4. The van der Waals surface area contributed by atoms with E-state index in [-0.39, 0.29) is 6.04 Å². The summed E-state index contributed by atoms with van der Waals surface area (Å²) in [4.78, 5) is 15.8. The van der Waals surface area contributed by atoms with Gasteiger partial charge in [-0.15, -0.1) is 0 Å². The van der Waals surface area contributed by atoms with Gasteiger partial charge in [-0.1, -0.05) is 12.8 Å². The first-order valence-electron chi connectivity index (χ1n) is 6.85. The predicted molar refractivity (Wildman–Crippen MR) is 75.9 cm³/mol. The maximum Gasteiger partial charge on any atom is 0.252 e. The molecule has 0 aliphatic heterocycles. The van der Waals surface area contributed by atoms with Gasteiger partial charge in [0.15, 0.2) is 0 Å². The van der Waals surface area contributed by atoms with Crippen LogP contribution in [0.2, 0.25) is 0 Å². The number of primary amides is 1. The average Bonchev–Trinajstić information content (AvgIpc) is 2.89. The Morgan fingerprint density at radius 3 is 2.79 bits per heavy atom. The van der Waals surface area contributed by atoms with Crippen molar-refractivity contribution in [3.8, 4) is 0 Å². The second-order valence-electron chi connectivity index (χ2n) is 5.25. The summed E-state index contributed by atoms with van der Waals surface area (Å²) in [5, 5.41) is 3.32. The van der Waals surface area contributed by atoms with Crippen LogP contribution >= 0.6 is 0 Å². The smallest absolute Gasteiger partial charge is 0.252 e. The van der Waals surface area contributed by atoms with Crippen LogP contribution in [0.15, 0.2) is 12.3 Å². The van der Waals surface area contributed by atoms with Gasteiger partial charge in [-0.3, -0.25) is 4.79 Å². The molecule has 1 aromatic rings. The van der Waals surface area contributed by atoms with E-state index in [0.29, 0.717) is 23.8 Å².